The Kier molecular flexibility index (Phi) is 9.02. The summed E-state index contributed by atoms with van der Waals surface area (Å²) in [5, 5.41) is 16.4. The highest BCUT2D eigenvalue weighted by Crippen LogP contribution is 2.60. The highest BCUT2D eigenvalue weighted by molar-refractivity contribution is 5.95. The number of fused-ring (bicyclic) bond motifs is 6. The maximum atomic E-state index is 14.4. The van der Waals surface area contributed by atoms with Crippen LogP contribution in [0.2, 0.25) is 0 Å². The number of allylic oxidation sites excluding steroid dienone is 1. The number of carbonyl (C=O) groups excluding carboxylic acids is 3. The van der Waals surface area contributed by atoms with Crippen molar-refractivity contribution in [2.75, 3.05) is 19.9 Å². The summed E-state index contributed by atoms with van der Waals surface area (Å²) in [4.78, 5) is 47.4. The van der Waals surface area contributed by atoms with E-state index in [4.69, 9.17) is 28.9 Å². The van der Waals surface area contributed by atoms with Gasteiger partial charge >= 0.3 is 5.97 Å². The monoisotopic (exact) mass is 741 g/mol. The normalized spacial score (nSPS) is 38.1. The first-order valence-corrected chi connectivity index (χ1v) is 19.6. The molecule has 0 spiro atoms. The molecule has 0 radical (unpaired) electrons. The highest BCUT2D eigenvalue weighted by atomic mass is 16.8. The zero-order valence-electron chi connectivity index (χ0n) is 31.3. The average Bonchev–Trinajstić information content (AvgIpc) is 3.44. The van der Waals surface area contributed by atoms with Gasteiger partial charge in [0.05, 0.1) is 24.9 Å². The summed E-state index contributed by atoms with van der Waals surface area (Å²) in [7, 11) is 0. The Hall–Kier alpha value is -3.65. The van der Waals surface area contributed by atoms with Crippen LogP contribution in [0.3, 0.4) is 0 Å². The van der Waals surface area contributed by atoms with Gasteiger partial charge < -0.3 is 34.7 Å². The summed E-state index contributed by atoms with van der Waals surface area (Å²) in [6.07, 6.45) is 6.15. The Morgan fingerprint density at radius 1 is 1.00 bits per heavy atom. The summed E-state index contributed by atoms with van der Waals surface area (Å²) >= 11 is 0. The summed E-state index contributed by atoms with van der Waals surface area (Å²) in [6.45, 7) is 7.51. The fourth-order valence-electron chi connectivity index (χ4n) is 10.6. The predicted molar refractivity (Wildman–Crippen MR) is 195 cm³/mol. The number of hydrogen-bond donors (Lipinski definition) is 3. The molecule has 3 N–H and O–H groups in total. The van der Waals surface area contributed by atoms with Crippen molar-refractivity contribution in [1.29, 1.82) is 0 Å². The zero-order chi connectivity index (χ0) is 37.4. The third kappa shape index (κ3) is 6.10. The van der Waals surface area contributed by atoms with Crippen LogP contribution in [-0.2, 0) is 46.5 Å². The molecule has 7 fully saturated rings. The third-order valence-corrected chi connectivity index (χ3v) is 13.6. The van der Waals surface area contributed by atoms with Gasteiger partial charge in [0.25, 0.3) is 5.91 Å². The molecule has 9 rings (SSSR count). The molecule has 4 aliphatic heterocycles. The number of benzene rings is 2. The zero-order valence-corrected chi connectivity index (χ0v) is 31.3. The molecule has 4 saturated heterocycles. The van der Waals surface area contributed by atoms with Crippen LogP contribution in [0.4, 0.5) is 0 Å². The number of aliphatic hydroxyl groups excluding tert-OH is 1. The molecular formula is C42H51N3O9. The van der Waals surface area contributed by atoms with Gasteiger partial charge in [0.2, 0.25) is 5.91 Å². The Labute approximate surface area is 315 Å². The second kappa shape index (κ2) is 13.5. The number of nitrogens with one attached hydrogen (secondary N) is 2. The largest absolute Gasteiger partial charge is 0.458 e. The Bertz CT molecular complexity index is 1850. The number of aliphatic hydroxyl groups is 1. The molecular weight excluding hydrogens is 690 g/mol. The van der Waals surface area contributed by atoms with E-state index in [0.29, 0.717) is 34.5 Å². The van der Waals surface area contributed by atoms with E-state index >= 15 is 0 Å². The van der Waals surface area contributed by atoms with Crippen LogP contribution in [0.15, 0.2) is 54.1 Å². The molecule has 3 aliphatic carbocycles. The Morgan fingerprint density at radius 2 is 1.81 bits per heavy atom. The van der Waals surface area contributed by atoms with E-state index in [1.807, 2.05) is 6.07 Å². The topological polar surface area (TPSA) is 148 Å². The molecule has 10 atom stereocenters. The lowest BCUT2D eigenvalue weighted by Crippen LogP contribution is -2.69. The van der Waals surface area contributed by atoms with E-state index in [9.17, 15) is 14.4 Å². The number of hydrogen-bond acceptors (Lipinski definition) is 10. The van der Waals surface area contributed by atoms with Crippen molar-refractivity contribution in [3.8, 4) is 0 Å². The Balaban J connectivity index is 0.937. The van der Waals surface area contributed by atoms with Gasteiger partial charge in [-0.2, -0.15) is 5.06 Å². The quantitative estimate of drug-likeness (QED) is 0.254. The van der Waals surface area contributed by atoms with E-state index in [1.165, 1.54) is 18.4 Å². The molecule has 4 heterocycles. The summed E-state index contributed by atoms with van der Waals surface area (Å²) in [6, 6.07) is 14.4. The van der Waals surface area contributed by atoms with Gasteiger partial charge in [-0.25, -0.2) is 0 Å². The van der Waals surface area contributed by atoms with Crippen molar-refractivity contribution in [3.63, 3.8) is 0 Å². The van der Waals surface area contributed by atoms with Crippen molar-refractivity contribution < 1.29 is 43.3 Å². The predicted octanol–water partition coefficient (Wildman–Crippen LogP) is 4.04. The molecule has 0 aromatic heterocycles. The van der Waals surface area contributed by atoms with E-state index < -0.39 is 41.8 Å². The lowest BCUT2D eigenvalue weighted by molar-refractivity contribution is -0.201. The number of esters is 1. The van der Waals surface area contributed by atoms with Gasteiger partial charge in [-0.05, 0) is 85.1 Å². The van der Waals surface area contributed by atoms with Gasteiger partial charge in [0.15, 0.2) is 6.04 Å². The number of carbonyl (C=O) groups is 3. The SMILES string of the molecule is CC1(C)C[C@@H]2C(=Cc3ccc(CN4O[C@@H]5[C@H]6OCO[C@H]6[C@H]6C[C@]5(C(=O)NCc5cccc(C(=O)NCCO)c5)[C@@H]4C(=O)O6)cc3)CCC3O[C@]3(C)CC[C@H]21. The summed E-state index contributed by atoms with van der Waals surface area (Å²) in [5.41, 5.74) is 3.87. The summed E-state index contributed by atoms with van der Waals surface area (Å²) in [5.74, 6) is 0.106. The number of amides is 2. The number of hydroxylamine groups is 2. The van der Waals surface area contributed by atoms with Crippen molar-refractivity contribution in [1.82, 2.24) is 15.7 Å². The second-order valence-electron chi connectivity index (χ2n) is 17.3. The molecule has 12 nitrogen and oxygen atoms in total. The average molecular weight is 742 g/mol. The molecule has 2 amide bonds. The fraction of sp³-hybridized carbons (Fsp3) is 0.595. The third-order valence-electron chi connectivity index (χ3n) is 13.6. The summed E-state index contributed by atoms with van der Waals surface area (Å²) < 4.78 is 24.0. The maximum Gasteiger partial charge on any atom is 0.327 e. The molecule has 3 saturated carbocycles. The molecule has 12 heteroatoms. The van der Waals surface area contributed by atoms with Crippen LogP contribution in [0, 0.1) is 22.7 Å². The fourth-order valence-corrected chi connectivity index (χ4v) is 10.6. The van der Waals surface area contributed by atoms with Gasteiger partial charge in [-0.3, -0.25) is 19.2 Å². The van der Waals surface area contributed by atoms with Gasteiger partial charge in [-0.1, -0.05) is 61.9 Å². The smallest absolute Gasteiger partial charge is 0.327 e. The van der Waals surface area contributed by atoms with Crippen molar-refractivity contribution in [2.24, 2.45) is 22.7 Å². The standard InChI is InChI=1S/C42H51N3O9/c1-40(2)19-29-27(11-12-32-41(3,53-32)14-13-30(29)40)17-24-7-9-25(10-8-24)22-45-35-38(48)52-31-20-42(35,36(54-45)34-33(31)50-23-51-34)39(49)44-21-26-5-4-6-28(18-26)37(47)43-15-16-46/h4-10,17-18,29-36,46H,11-16,19-23H2,1-3H3,(H,43,47)(H,44,49)/t29-,30-,31-,32?,33+,34+,35+,36-,41-,42+/m1/s1. The molecule has 2 aromatic rings. The van der Waals surface area contributed by atoms with Crippen LogP contribution in [0.1, 0.15) is 86.3 Å². The molecule has 7 aliphatic rings. The first-order valence-electron chi connectivity index (χ1n) is 19.6. The van der Waals surface area contributed by atoms with Crippen LogP contribution in [0.25, 0.3) is 6.08 Å². The minimum atomic E-state index is -1.28. The molecule has 54 heavy (non-hydrogen) atoms. The van der Waals surface area contributed by atoms with Gasteiger partial charge in [0.1, 0.15) is 36.6 Å². The second-order valence-corrected chi connectivity index (χ2v) is 17.3. The van der Waals surface area contributed by atoms with Crippen LogP contribution in [-0.4, -0.2) is 90.1 Å². The number of nitrogens with zero attached hydrogens (tertiary/aromatic N) is 1. The molecule has 2 aromatic carbocycles. The van der Waals surface area contributed by atoms with E-state index in [2.05, 4.69) is 61.7 Å². The van der Waals surface area contributed by atoms with Crippen molar-refractivity contribution >= 4 is 23.9 Å². The van der Waals surface area contributed by atoms with Gasteiger partial charge in [0, 0.05) is 25.1 Å². The lowest BCUT2D eigenvalue weighted by atomic mass is 9.52. The molecule has 1 unspecified atom stereocenters. The van der Waals surface area contributed by atoms with Crippen LogP contribution >= 0.6 is 0 Å². The Morgan fingerprint density at radius 3 is 2.61 bits per heavy atom. The number of rotatable bonds is 9. The lowest BCUT2D eigenvalue weighted by Gasteiger charge is -2.53. The number of ether oxygens (including phenoxy) is 4. The first-order chi connectivity index (χ1) is 26.0. The van der Waals surface area contributed by atoms with Crippen LogP contribution < -0.4 is 10.6 Å². The first kappa shape index (κ1) is 36.0. The molecule has 288 valence electrons. The minimum absolute atomic E-state index is 0.0276. The van der Waals surface area contributed by atoms with E-state index in [1.54, 1.807) is 23.3 Å². The van der Waals surface area contributed by atoms with Crippen molar-refractivity contribution in [3.05, 3.63) is 76.4 Å². The van der Waals surface area contributed by atoms with E-state index in [0.717, 1.165) is 30.4 Å². The van der Waals surface area contributed by atoms with Crippen molar-refractivity contribution in [2.45, 2.75) is 115 Å². The van der Waals surface area contributed by atoms with E-state index in [-0.39, 0.29) is 56.9 Å². The molecule has 2 bridgehead atoms. The van der Waals surface area contributed by atoms with Crippen LogP contribution in [0.5, 0.6) is 0 Å². The maximum absolute atomic E-state index is 14.4. The van der Waals surface area contributed by atoms with Gasteiger partial charge in [-0.15, -0.1) is 0 Å². The minimum Gasteiger partial charge on any atom is -0.458 e. The number of epoxide rings is 1. The highest BCUT2D eigenvalue weighted by Gasteiger charge is 2.74.